The molecule has 0 aromatic heterocycles. The largest absolute Gasteiger partial charge is 0.381 e. The number of nitrogens with one attached hydrogen (secondary N) is 1. The summed E-state index contributed by atoms with van der Waals surface area (Å²) in [5, 5.41) is 3.59. The highest BCUT2D eigenvalue weighted by molar-refractivity contribution is 4.77. The van der Waals surface area contributed by atoms with E-state index in [1.165, 1.54) is 25.7 Å². The predicted molar refractivity (Wildman–Crippen MR) is 77.5 cm³/mol. The van der Waals surface area contributed by atoms with Gasteiger partial charge in [0.05, 0.1) is 12.7 Å². The van der Waals surface area contributed by atoms with Gasteiger partial charge >= 0.3 is 0 Å². The number of rotatable bonds is 7. The fourth-order valence-corrected chi connectivity index (χ4v) is 3.09. The summed E-state index contributed by atoms with van der Waals surface area (Å²) in [5.74, 6) is 0.731. The molecule has 4 heteroatoms. The van der Waals surface area contributed by atoms with Gasteiger partial charge in [0, 0.05) is 38.9 Å². The van der Waals surface area contributed by atoms with Crippen LogP contribution in [-0.2, 0) is 9.47 Å². The van der Waals surface area contributed by atoms with Crippen LogP contribution in [0.5, 0.6) is 0 Å². The zero-order valence-electron chi connectivity index (χ0n) is 12.6. The van der Waals surface area contributed by atoms with E-state index in [1.807, 2.05) is 0 Å². The Morgan fingerprint density at radius 1 is 1.26 bits per heavy atom. The number of ether oxygens (including phenoxy) is 2. The topological polar surface area (TPSA) is 33.7 Å². The molecule has 1 N–H and O–H groups in total. The summed E-state index contributed by atoms with van der Waals surface area (Å²) < 4.78 is 11.2. The molecule has 0 aromatic rings. The Kier molecular flexibility index (Phi) is 6.57. The second-order valence-corrected chi connectivity index (χ2v) is 6.14. The molecule has 0 saturated carbocycles. The van der Waals surface area contributed by atoms with Crippen LogP contribution in [0, 0.1) is 5.92 Å². The van der Waals surface area contributed by atoms with Crippen LogP contribution in [0.2, 0.25) is 0 Å². The zero-order chi connectivity index (χ0) is 13.5. The average Bonchev–Trinajstić information content (AvgIpc) is 2.93. The maximum atomic E-state index is 5.70. The zero-order valence-corrected chi connectivity index (χ0v) is 12.6. The monoisotopic (exact) mass is 270 g/mol. The molecule has 2 aliphatic rings. The van der Waals surface area contributed by atoms with Gasteiger partial charge in [-0.05, 0) is 45.6 Å². The Hall–Kier alpha value is -0.160. The molecule has 0 bridgehead atoms. The molecule has 0 aliphatic carbocycles. The van der Waals surface area contributed by atoms with E-state index in [-0.39, 0.29) is 0 Å². The Balaban J connectivity index is 1.54. The first-order valence-electron chi connectivity index (χ1n) is 7.87. The molecular weight excluding hydrogens is 240 g/mol. The third-order valence-electron chi connectivity index (χ3n) is 4.31. The summed E-state index contributed by atoms with van der Waals surface area (Å²) in [6, 6.07) is 0.480. The molecule has 0 amide bonds. The fourth-order valence-electron chi connectivity index (χ4n) is 3.09. The van der Waals surface area contributed by atoms with Crippen molar-refractivity contribution in [2.24, 2.45) is 5.92 Å². The van der Waals surface area contributed by atoms with Gasteiger partial charge in [-0.2, -0.15) is 0 Å². The van der Waals surface area contributed by atoms with E-state index in [2.05, 4.69) is 24.2 Å². The maximum absolute atomic E-state index is 5.70. The number of hydrogen-bond acceptors (Lipinski definition) is 4. The lowest BCUT2D eigenvalue weighted by molar-refractivity contribution is 0.0416. The first-order chi connectivity index (χ1) is 9.25. The average molecular weight is 270 g/mol. The lowest BCUT2D eigenvalue weighted by Crippen LogP contribution is -2.42. The molecule has 3 atom stereocenters. The lowest BCUT2D eigenvalue weighted by atomic mass is 10.0. The molecule has 0 aromatic carbocycles. The highest BCUT2D eigenvalue weighted by atomic mass is 16.5. The Bertz CT molecular complexity index is 238. The van der Waals surface area contributed by atoms with Crippen molar-refractivity contribution in [3.63, 3.8) is 0 Å². The first kappa shape index (κ1) is 15.2. The van der Waals surface area contributed by atoms with Crippen LogP contribution in [0.25, 0.3) is 0 Å². The van der Waals surface area contributed by atoms with Crippen LogP contribution in [0.15, 0.2) is 0 Å². The van der Waals surface area contributed by atoms with Gasteiger partial charge in [0.25, 0.3) is 0 Å². The van der Waals surface area contributed by atoms with E-state index < -0.39 is 0 Å². The van der Waals surface area contributed by atoms with E-state index in [4.69, 9.17) is 9.47 Å². The number of nitrogens with zero attached hydrogens (tertiary/aromatic N) is 1. The smallest absolute Gasteiger partial charge is 0.0726 e. The number of likely N-dealkylation sites (N-methyl/N-ethyl adjacent to an activating group) is 1. The predicted octanol–water partition coefficient (Wildman–Crippen LogP) is 1.50. The third-order valence-corrected chi connectivity index (χ3v) is 4.31. The van der Waals surface area contributed by atoms with Crippen LogP contribution in [0.4, 0.5) is 0 Å². The van der Waals surface area contributed by atoms with Crippen LogP contribution >= 0.6 is 0 Å². The fraction of sp³-hybridized carbons (Fsp3) is 1.00. The second-order valence-electron chi connectivity index (χ2n) is 6.14. The molecule has 19 heavy (non-hydrogen) atoms. The van der Waals surface area contributed by atoms with E-state index in [0.717, 1.165) is 45.4 Å². The Morgan fingerprint density at radius 2 is 2.11 bits per heavy atom. The van der Waals surface area contributed by atoms with E-state index in [9.17, 15) is 0 Å². The molecule has 0 radical (unpaired) electrons. The molecule has 2 rings (SSSR count). The standard InChI is InChI=1S/C15H30N2O2/c1-13(15-6-4-10-19-15)16-7-8-17(2)11-14-5-3-9-18-12-14/h13-16H,3-12H2,1-2H3. The maximum Gasteiger partial charge on any atom is 0.0726 e. The van der Waals surface area contributed by atoms with Crippen molar-refractivity contribution in [2.75, 3.05) is 46.5 Å². The normalized spacial score (nSPS) is 29.8. The van der Waals surface area contributed by atoms with Crippen molar-refractivity contribution in [3.8, 4) is 0 Å². The third kappa shape index (κ3) is 5.38. The number of hydrogen-bond donors (Lipinski definition) is 1. The van der Waals surface area contributed by atoms with E-state index in [1.54, 1.807) is 0 Å². The van der Waals surface area contributed by atoms with Crippen molar-refractivity contribution in [1.29, 1.82) is 0 Å². The van der Waals surface area contributed by atoms with Gasteiger partial charge < -0.3 is 19.7 Å². The van der Waals surface area contributed by atoms with Gasteiger partial charge in [0.15, 0.2) is 0 Å². The Labute approximate surface area is 117 Å². The van der Waals surface area contributed by atoms with E-state index >= 15 is 0 Å². The van der Waals surface area contributed by atoms with Gasteiger partial charge in [-0.3, -0.25) is 0 Å². The highest BCUT2D eigenvalue weighted by Crippen LogP contribution is 2.15. The molecule has 4 nitrogen and oxygen atoms in total. The SMILES string of the molecule is CC(NCCN(C)CC1CCCOC1)C1CCCO1. The van der Waals surface area contributed by atoms with Crippen LogP contribution < -0.4 is 5.32 Å². The molecule has 0 spiro atoms. The van der Waals surface area contributed by atoms with Crippen molar-refractivity contribution < 1.29 is 9.47 Å². The van der Waals surface area contributed by atoms with Gasteiger partial charge in [-0.25, -0.2) is 0 Å². The molecule has 112 valence electrons. The molecule has 2 fully saturated rings. The van der Waals surface area contributed by atoms with Gasteiger partial charge in [0.1, 0.15) is 0 Å². The minimum Gasteiger partial charge on any atom is -0.381 e. The molecular formula is C15H30N2O2. The van der Waals surface area contributed by atoms with Crippen molar-refractivity contribution >= 4 is 0 Å². The lowest BCUT2D eigenvalue weighted by Gasteiger charge is -2.28. The summed E-state index contributed by atoms with van der Waals surface area (Å²) in [5.41, 5.74) is 0. The van der Waals surface area contributed by atoms with Crippen molar-refractivity contribution in [3.05, 3.63) is 0 Å². The van der Waals surface area contributed by atoms with Crippen LogP contribution in [0.1, 0.15) is 32.6 Å². The summed E-state index contributed by atoms with van der Waals surface area (Å²) in [6.07, 6.45) is 5.41. The van der Waals surface area contributed by atoms with Crippen LogP contribution in [-0.4, -0.2) is 63.5 Å². The van der Waals surface area contributed by atoms with Crippen molar-refractivity contribution in [2.45, 2.75) is 44.8 Å². The molecule has 3 unspecified atom stereocenters. The van der Waals surface area contributed by atoms with E-state index in [0.29, 0.717) is 12.1 Å². The summed E-state index contributed by atoms with van der Waals surface area (Å²) in [4.78, 5) is 2.43. The minimum absolute atomic E-state index is 0.428. The second kappa shape index (κ2) is 8.20. The molecule has 2 aliphatic heterocycles. The van der Waals surface area contributed by atoms with Gasteiger partial charge in [-0.1, -0.05) is 0 Å². The van der Waals surface area contributed by atoms with Crippen LogP contribution in [0.3, 0.4) is 0 Å². The molecule has 2 saturated heterocycles. The Morgan fingerprint density at radius 3 is 2.79 bits per heavy atom. The highest BCUT2D eigenvalue weighted by Gasteiger charge is 2.22. The summed E-state index contributed by atoms with van der Waals surface area (Å²) in [6.45, 7) is 8.41. The summed E-state index contributed by atoms with van der Waals surface area (Å²) in [7, 11) is 2.22. The van der Waals surface area contributed by atoms with Gasteiger partial charge in [0.2, 0.25) is 0 Å². The summed E-state index contributed by atoms with van der Waals surface area (Å²) >= 11 is 0. The first-order valence-corrected chi connectivity index (χ1v) is 7.87. The van der Waals surface area contributed by atoms with Gasteiger partial charge in [-0.15, -0.1) is 0 Å². The minimum atomic E-state index is 0.428. The van der Waals surface area contributed by atoms with Crippen molar-refractivity contribution in [1.82, 2.24) is 10.2 Å². The molecule has 2 heterocycles. The quantitative estimate of drug-likeness (QED) is 0.760.